The van der Waals surface area contributed by atoms with Crippen molar-refractivity contribution < 1.29 is 14.4 Å². The summed E-state index contributed by atoms with van der Waals surface area (Å²) in [4.78, 5) is 4.04. The predicted octanol–water partition coefficient (Wildman–Crippen LogP) is -0.0568. The highest BCUT2D eigenvalue weighted by atomic mass is 16.5. The molecule has 1 heterocycles. The summed E-state index contributed by atoms with van der Waals surface area (Å²) in [6.07, 6.45) is 0. The molecule has 0 bridgehead atoms. The van der Waals surface area contributed by atoms with Crippen LogP contribution in [-0.2, 0) is 10.3 Å². The Morgan fingerprint density at radius 1 is 1.64 bits per heavy atom. The Morgan fingerprint density at radius 3 is 2.79 bits per heavy atom. The summed E-state index contributed by atoms with van der Waals surface area (Å²) >= 11 is 0. The third kappa shape index (κ3) is 2.09. The molecule has 3 N–H and O–H groups in total. The van der Waals surface area contributed by atoms with Crippen molar-refractivity contribution in [1.29, 1.82) is 0 Å². The van der Waals surface area contributed by atoms with E-state index in [0.29, 0.717) is 5.82 Å². The molecule has 1 aromatic heterocycles. The third-order valence-corrected chi connectivity index (χ3v) is 2.00. The zero-order valence-electron chi connectivity index (χ0n) is 8.52. The number of nitrogens with zero attached hydrogens (tertiary/aromatic N) is 2. The van der Waals surface area contributed by atoms with E-state index in [2.05, 4.69) is 10.1 Å². The first-order valence-electron chi connectivity index (χ1n) is 4.27. The molecule has 0 aliphatic rings. The average Bonchev–Trinajstić information content (AvgIpc) is 2.66. The van der Waals surface area contributed by atoms with Crippen LogP contribution in [0.3, 0.4) is 0 Å². The van der Waals surface area contributed by atoms with Crippen LogP contribution in [0.15, 0.2) is 4.52 Å². The molecule has 14 heavy (non-hydrogen) atoms. The molecule has 0 spiro atoms. The van der Waals surface area contributed by atoms with Gasteiger partial charge in [0.05, 0.1) is 6.61 Å². The van der Waals surface area contributed by atoms with Gasteiger partial charge < -0.3 is 20.1 Å². The first-order valence-corrected chi connectivity index (χ1v) is 4.27. The Bertz CT molecular complexity index is 298. The van der Waals surface area contributed by atoms with E-state index < -0.39 is 11.6 Å². The Morgan fingerprint density at radius 2 is 2.29 bits per heavy atom. The summed E-state index contributed by atoms with van der Waals surface area (Å²) in [5.41, 5.74) is 4.89. The molecular formula is C8H15N3O3. The van der Waals surface area contributed by atoms with Gasteiger partial charge in [0.1, 0.15) is 11.6 Å². The van der Waals surface area contributed by atoms with Gasteiger partial charge in [-0.15, -0.1) is 0 Å². The number of methoxy groups -OCH3 is 1. The van der Waals surface area contributed by atoms with Crippen molar-refractivity contribution >= 4 is 0 Å². The Hall–Kier alpha value is -0.980. The smallest absolute Gasteiger partial charge is 0.246 e. The molecule has 1 rings (SSSR count). The zero-order chi connectivity index (χ0) is 10.8. The highest BCUT2D eigenvalue weighted by molar-refractivity contribution is 4.99. The topological polar surface area (TPSA) is 94.4 Å². The number of aromatic nitrogens is 2. The quantitative estimate of drug-likeness (QED) is 0.708. The summed E-state index contributed by atoms with van der Waals surface area (Å²) < 4.78 is 10.0. The molecule has 0 fully saturated rings. The van der Waals surface area contributed by atoms with Crippen LogP contribution < -0.4 is 5.73 Å². The average molecular weight is 201 g/mol. The van der Waals surface area contributed by atoms with Gasteiger partial charge in [-0.1, -0.05) is 5.16 Å². The van der Waals surface area contributed by atoms with E-state index in [4.69, 9.17) is 20.1 Å². The van der Waals surface area contributed by atoms with Gasteiger partial charge >= 0.3 is 0 Å². The standard InChI is InChI=1S/C8H15N3O3/c1-8(2,13-3)7-10-6(14-11-7)5(9)4-12/h5,12H,4,9H2,1-3H3/t5-/m1/s1. The molecule has 0 saturated heterocycles. The number of nitrogens with two attached hydrogens (primary N) is 1. The Balaban J connectivity index is 2.88. The monoisotopic (exact) mass is 201 g/mol. The maximum absolute atomic E-state index is 8.77. The van der Waals surface area contributed by atoms with Crippen LogP contribution in [0.2, 0.25) is 0 Å². The van der Waals surface area contributed by atoms with Crippen molar-refractivity contribution in [3.05, 3.63) is 11.7 Å². The lowest BCUT2D eigenvalue weighted by Crippen LogP contribution is -2.22. The minimum Gasteiger partial charge on any atom is -0.394 e. The van der Waals surface area contributed by atoms with Gasteiger partial charge in [0.15, 0.2) is 0 Å². The molecule has 0 amide bonds. The van der Waals surface area contributed by atoms with Crippen LogP contribution in [0, 0.1) is 0 Å². The van der Waals surface area contributed by atoms with Crippen LogP contribution >= 0.6 is 0 Å². The van der Waals surface area contributed by atoms with Crippen LogP contribution in [0.5, 0.6) is 0 Å². The normalized spacial score (nSPS) is 14.4. The third-order valence-electron chi connectivity index (χ3n) is 2.00. The molecule has 0 unspecified atom stereocenters. The highest BCUT2D eigenvalue weighted by Gasteiger charge is 2.27. The molecule has 1 aromatic rings. The van der Waals surface area contributed by atoms with Gasteiger partial charge in [-0.25, -0.2) is 0 Å². The second kappa shape index (κ2) is 4.04. The van der Waals surface area contributed by atoms with E-state index in [0.717, 1.165) is 0 Å². The summed E-state index contributed by atoms with van der Waals surface area (Å²) in [7, 11) is 1.56. The maximum atomic E-state index is 8.77. The summed E-state index contributed by atoms with van der Waals surface area (Å²) in [5.74, 6) is 0.631. The largest absolute Gasteiger partial charge is 0.394 e. The highest BCUT2D eigenvalue weighted by Crippen LogP contribution is 2.21. The minimum atomic E-state index is -0.635. The van der Waals surface area contributed by atoms with Crippen molar-refractivity contribution in [1.82, 2.24) is 10.1 Å². The first kappa shape index (κ1) is 11.1. The van der Waals surface area contributed by atoms with Gasteiger partial charge in [0.2, 0.25) is 11.7 Å². The zero-order valence-corrected chi connectivity index (χ0v) is 8.52. The van der Waals surface area contributed by atoms with Crippen LogP contribution in [0.1, 0.15) is 31.6 Å². The molecule has 0 aliphatic heterocycles. The summed E-state index contributed by atoms with van der Waals surface area (Å²) in [5, 5.41) is 12.5. The van der Waals surface area contributed by atoms with Crippen molar-refractivity contribution in [2.75, 3.05) is 13.7 Å². The van der Waals surface area contributed by atoms with Crippen LogP contribution in [0.25, 0.3) is 0 Å². The van der Waals surface area contributed by atoms with Crippen molar-refractivity contribution in [3.63, 3.8) is 0 Å². The Kier molecular flexibility index (Phi) is 3.20. The van der Waals surface area contributed by atoms with Gasteiger partial charge in [-0.3, -0.25) is 0 Å². The Labute approximate surface area is 82.1 Å². The molecule has 0 aliphatic carbocycles. The van der Waals surface area contributed by atoms with Gasteiger partial charge in [0.25, 0.3) is 0 Å². The summed E-state index contributed by atoms with van der Waals surface area (Å²) in [6.45, 7) is 3.40. The van der Waals surface area contributed by atoms with E-state index in [9.17, 15) is 0 Å². The molecule has 0 saturated carbocycles. The van der Waals surface area contributed by atoms with Crippen LogP contribution in [0.4, 0.5) is 0 Å². The molecule has 6 heteroatoms. The molecule has 6 nitrogen and oxygen atoms in total. The molecule has 0 aromatic carbocycles. The van der Waals surface area contributed by atoms with Gasteiger partial charge in [-0.05, 0) is 13.8 Å². The SMILES string of the molecule is COC(C)(C)c1noc([C@H](N)CO)n1. The maximum Gasteiger partial charge on any atom is 0.246 e. The van der Waals surface area contributed by atoms with Crippen molar-refractivity contribution in [2.24, 2.45) is 5.73 Å². The number of hydrogen-bond acceptors (Lipinski definition) is 6. The second-order valence-electron chi connectivity index (χ2n) is 3.46. The predicted molar refractivity (Wildman–Crippen MR) is 48.3 cm³/mol. The first-order chi connectivity index (χ1) is 6.51. The number of ether oxygens (including phenoxy) is 1. The molecule has 1 atom stereocenters. The fraction of sp³-hybridized carbons (Fsp3) is 0.750. The van der Waals surface area contributed by atoms with Crippen molar-refractivity contribution in [2.45, 2.75) is 25.5 Å². The lowest BCUT2D eigenvalue weighted by molar-refractivity contribution is 0.00973. The van der Waals surface area contributed by atoms with E-state index in [1.54, 1.807) is 7.11 Å². The second-order valence-corrected chi connectivity index (χ2v) is 3.46. The van der Waals surface area contributed by atoms with Crippen LogP contribution in [-0.4, -0.2) is 29.0 Å². The fourth-order valence-electron chi connectivity index (χ4n) is 0.800. The van der Waals surface area contributed by atoms with E-state index in [1.165, 1.54) is 0 Å². The lowest BCUT2D eigenvalue weighted by Gasteiger charge is -2.17. The summed E-state index contributed by atoms with van der Waals surface area (Å²) in [6, 6.07) is -0.635. The number of hydrogen-bond donors (Lipinski definition) is 2. The van der Waals surface area contributed by atoms with E-state index >= 15 is 0 Å². The van der Waals surface area contributed by atoms with E-state index in [-0.39, 0.29) is 12.5 Å². The van der Waals surface area contributed by atoms with Gasteiger partial charge in [-0.2, -0.15) is 4.98 Å². The molecule has 80 valence electrons. The van der Waals surface area contributed by atoms with Gasteiger partial charge in [0, 0.05) is 7.11 Å². The molecular weight excluding hydrogens is 186 g/mol. The lowest BCUT2D eigenvalue weighted by atomic mass is 10.1. The minimum absolute atomic E-state index is 0.215. The number of rotatable bonds is 4. The van der Waals surface area contributed by atoms with Crippen molar-refractivity contribution in [3.8, 4) is 0 Å². The molecule has 0 radical (unpaired) electrons. The number of aliphatic hydroxyl groups is 1. The van der Waals surface area contributed by atoms with E-state index in [1.807, 2.05) is 13.8 Å². The number of aliphatic hydroxyl groups excluding tert-OH is 1. The fourth-order valence-corrected chi connectivity index (χ4v) is 0.800.